The molecule has 2 fully saturated rings. The Kier molecular flexibility index (Phi) is 3.01. The van der Waals surface area contributed by atoms with Crippen LogP contribution in [0.25, 0.3) is 0 Å². The van der Waals surface area contributed by atoms with Gasteiger partial charge < -0.3 is 14.7 Å². The van der Waals surface area contributed by atoms with Crippen LogP contribution in [0, 0.1) is 6.92 Å². The summed E-state index contributed by atoms with van der Waals surface area (Å²) in [6, 6.07) is 1.91. The van der Waals surface area contributed by atoms with Gasteiger partial charge in [0.2, 0.25) is 0 Å². The number of piperidine rings is 1. The van der Waals surface area contributed by atoms with E-state index in [0.717, 1.165) is 18.9 Å². The third-order valence-corrected chi connectivity index (χ3v) is 3.58. The molecule has 0 radical (unpaired) electrons. The normalized spacial score (nSPS) is 24.9. The van der Waals surface area contributed by atoms with Crippen LogP contribution in [0.4, 0.5) is 6.01 Å². The SMILES string of the molecule is Cc1noc(N(CC2CCCCN2)C2CC2)n1. The monoisotopic (exact) mass is 236 g/mol. The fraction of sp³-hybridized carbons (Fsp3) is 0.833. The van der Waals surface area contributed by atoms with E-state index in [9.17, 15) is 0 Å². The van der Waals surface area contributed by atoms with Crippen LogP contribution in [0.1, 0.15) is 37.9 Å². The number of aryl methyl sites for hydroxylation is 1. The number of rotatable bonds is 4. The van der Waals surface area contributed by atoms with E-state index in [-0.39, 0.29) is 0 Å². The molecular formula is C12H20N4O. The van der Waals surface area contributed by atoms with Crippen LogP contribution in [0.15, 0.2) is 4.52 Å². The summed E-state index contributed by atoms with van der Waals surface area (Å²) in [6.45, 7) is 4.02. The molecule has 0 spiro atoms. The number of aromatic nitrogens is 2. The number of anilines is 1. The van der Waals surface area contributed by atoms with Gasteiger partial charge in [-0.05, 0) is 39.2 Å². The van der Waals surface area contributed by atoms with Gasteiger partial charge in [-0.2, -0.15) is 4.98 Å². The zero-order valence-electron chi connectivity index (χ0n) is 10.4. The van der Waals surface area contributed by atoms with Crippen LogP contribution in [0.5, 0.6) is 0 Å². The Morgan fingerprint density at radius 3 is 2.82 bits per heavy atom. The average Bonchev–Trinajstić information content (AvgIpc) is 3.10. The van der Waals surface area contributed by atoms with E-state index in [4.69, 9.17) is 4.52 Å². The molecule has 0 aromatic carbocycles. The van der Waals surface area contributed by atoms with Crippen molar-refractivity contribution in [2.75, 3.05) is 18.0 Å². The first-order chi connectivity index (χ1) is 8.33. The minimum atomic E-state index is 0.580. The third-order valence-electron chi connectivity index (χ3n) is 3.58. The summed E-state index contributed by atoms with van der Waals surface area (Å²) < 4.78 is 5.31. The summed E-state index contributed by atoms with van der Waals surface area (Å²) in [5.41, 5.74) is 0. The molecule has 1 saturated heterocycles. The molecular weight excluding hydrogens is 216 g/mol. The van der Waals surface area contributed by atoms with Gasteiger partial charge in [0.05, 0.1) is 0 Å². The first-order valence-corrected chi connectivity index (χ1v) is 6.63. The van der Waals surface area contributed by atoms with Crippen molar-refractivity contribution in [3.05, 3.63) is 5.82 Å². The lowest BCUT2D eigenvalue weighted by molar-refractivity contribution is 0.371. The maximum atomic E-state index is 5.31. The molecule has 1 N–H and O–H groups in total. The number of hydrogen-bond acceptors (Lipinski definition) is 5. The van der Waals surface area contributed by atoms with E-state index in [1.807, 2.05) is 6.92 Å². The van der Waals surface area contributed by atoms with Crippen molar-refractivity contribution >= 4 is 6.01 Å². The van der Waals surface area contributed by atoms with Crippen LogP contribution in [-0.4, -0.2) is 35.3 Å². The van der Waals surface area contributed by atoms with Gasteiger partial charge in [0.25, 0.3) is 0 Å². The molecule has 2 aliphatic rings. The van der Waals surface area contributed by atoms with Crippen LogP contribution >= 0.6 is 0 Å². The van der Waals surface area contributed by atoms with Crippen LogP contribution < -0.4 is 10.2 Å². The first-order valence-electron chi connectivity index (χ1n) is 6.63. The Morgan fingerprint density at radius 2 is 2.24 bits per heavy atom. The molecule has 17 heavy (non-hydrogen) atoms. The zero-order chi connectivity index (χ0) is 11.7. The average molecular weight is 236 g/mol. The predicted octanol–water partition coefficient (Wildman–Crippen LogP) is 1.49. The van der Waals surface area contributed by atoms with Gasteiger partial charge in [0.1, 0.15) is 0 Å². The quantitative estimate of drug-likeness (QED) is 0.858. The van der Waals surface area contributed by atoms with Crippen molar-refractivity contribution in [2.24, 2.45) is 0 Å². The summed E-state index contributed by atoms with van der Waals surface area (Å²) in [5.74, 6) is 0.724. The highest BCUT2D eigenvalue weighted by molar-refractivity contribution is 5.30. The van der Waals surface area contributed by atoms with Gasteiger partial charge in [0.15, 0.2) is 5.82 Å². The van der Waals surface area contributed by atoms with Gasteiger partial charge >= 0.3 is 6.01 Å². The van der Waals surface area contributed by atoms with Crippen LogP contribution in [-0.2, 0) is 0 Å². The minimum Gasteiger partial charge on any atom is -0.320 e. The second-order valence-electron chi connectivity index (χ2n) is 5.15. The predicted molar refractivity (Wildman–Crippen MR) is 65.0 cm³/mol. The van der Waals surface area contributed by atoms with Crippen molar-refractivity contribution in [1.82, 2.24) is 15.5 Å². The second kappa shape index (κ2) is 4.64. The van der Waals surface area contributed by atoms with Crippen molar-refractivity contribution in [1.29, 1.82) is 0 Å². The highest BCUT2D eigenvalue weighted by atomic mass is 16.5. The van der Waals surface area contributed by atoms with Crippen molar-refractivity contribution in [3.63, 3.8) is 0 Å². The fourth-order valence-electron chi connectivity index (χ4n) is 2.49. The molecule has 1 aliphatic heterocycles. The number of nitrogens with zero attached hydrogens (tertiary/aromatic N) is 3. The topological polar surface area (TPSA) is 54.2 Å². The van der Waals surface area contributed by atoms with Gasteiger partial charge in [0, 0.05) is 18.6 Å². The van der Waals surface area contributed by atoms with Crippen LogP contribution in [0.2, 0.25) is 0 Å². The molecule has 0 amide bonds. The lowest BCUT2D eigenvalue weighted by Crippen LogP contribution is -2.44. The van der Waals surface area contributed by atoms with E-state index in [0.29, 0.717) is 18.1 Å². The Bertz CT molecular complexity index is 368. The van der Waals surface area contributed by atoms with Gasteiger partial charge in [-0.1, -0.05) is 11.6 Å². The molecule has 3 rings (SSSR count). The van der Waals surface area contributed by atoms with Gasteiger partial charge in [-0.3, -0.25) is 0 Å². The van der Waals surface area contributed by atoms with E-state index in [1.54, 1.807) is 0 Å². The maximum Gasteiger partial charge on any atom is 0.324 e. The Hall–Kier alpha value is -1.10. The molecule has 0 bridgehead atoms. The second-order valence-corrected chi connectivity index (χ2v) is 5.15. The zero-order valence-corrected chi connectivity index (χ0v) is 10.4. The molecule has 1 unspecified atom stereocenters. The van der Waals surface area contributed by atoms with Crippen molar-refractivity contribution < 1.29 is 4.52 Å². The summed E-state index contributed by atoms with van der Waals surface area (Å²) >= 11 is 0. The van der Waals surface area contributed by atoms with Gasteiger partial charge in [-0.25, -0.2) is 0 Å². The smallest absolute Gasteiger partial charge is 0.320 e. The first kappa shape index (κ1) is 11.0. The van der Waals surface area contributed by atoms with E-state index in [1.165, 1.54) is 32.1 Å². The molecule has 1 aromatic rings. The molecule has 1 aliphatic carbocycles. The lowest BCUT2D eigenvalue weighted by Gasteiger charge is -2.29. The Balaban J connectivity index is 1.67. The molecule has 2 heterocycles. The highest BCUT2D eigenvalue weighted by Crippen LogP contribution is 2.31. The number of hydrogen-bond donors (Lipinski definition) is 1. The van der Waals surface area contributed by atoms with E-state index in [2.05, 4.69) is 20.4 Å². The van der Waals surface area contributed by atoms with E-state index >= 15 is 0 Å². The third kappa shape index (κ3) is 2.60. The van der Waals surface area contributed by atoms with Crippen LogP contribution in [0.3, 0.4) is 0 Å². The largest absolute Gasteiger partial charge is 0.324 e. The molecule has 1 atom stereocenters. The standard InChI is InChI=1S/C12H20N4O/c1-9-14-12(17-15-9)16(11-5-6-11)8-10-4-2-3-7-13-10/h10-11,13H,2-8H2,1H3. The van der Waals surface area contributed by atoms with Crippen molar-refractivity contribution in [2.45, 2.75) is 51.1 Å². The molecule has 1 aromatic heterocycles. The fourth-order valence-corrected chi connectivity index (χ4v) is 2.49. The molecule has 1 saturated carbocycles. The maximum absolute atomic E-state index is 5.31. The lowest BCUT2D eigenvalue weighted by atomic mass is 10.0. The summed E-state index contributed by atoms with van der Waals surface area (Å²) in [4.78, 5) is 6.65. The number of nitrogens with one attached hydrogen (secondary N) is 1. The summed E-state index contributed by atoms with van der Waals surface area (Å²) in [5, 5.41) is 7.47. The Morgan fingerprint density at radius 1 is 1.35 bits per heavy atom. The highest BCUT2D eigenvalue weighted by Gasteiger charge is 2.34. The van der Waals surface area contributed by atoms with E-state index < -0.39 is 0 Å². The minimum absolute atomic E-state index is 0.580. The summed E-state index contributed by atoms with van der Waals surface area (Å²) in [6.07, 6.45) is 6.41. The molecule has 94 valence electrons. The summed E-state index contributed by atoms with van der Waals surface area (Å²) in [7, 11) is 0. The Labute approximate surface area is 102 Å². The van der Waals surface area contributed by atoms with Crippen molar-refractivity contribution in [3.8, 4) is 0 Å². The van der Waals surface area contributed by atoms with Gasteiger partial charge in [-0.15, -0.1) is 0 Å². The molecule has 5 heteroatoms. The molecule has 5 nitrogen and oxygen atoms in total.